The SMILES string of the molecule is Cc1cnc(Oc2ccc(C(C)C)c(C)c2)c(N)c1. The number of rotatable bonds is 3. The van der Waals surface area contributed by atoms with E-state index in [0.29, 0.717) is 17.5 Å². The van der Waals surface area contributed by atoms with Crippen molar-refractivity contribution in [3.63, 3.8) is 0 Å². The number of benzene rings is 1. The second-order valence-corrected chi connectivity index (χ2v) is 5.18. The predicted molar refractivity (Wildman–Crippen MR) is 78.7 cm³/mol. The number of nitrogen functional groups attached to an aromatic ring is 1. The Balaban J connectivity index is 2.26. The maximum absolute atomic E-state index is 5.90. The first-order valence-electron chi connectivity index (χ1n) is 6.48. The van der Waals surface area contributed by atoms with Crippen LogP contribution in [0.25, 0.3) is 0 Å². The van der Waals surface area contributed by atoms with Gasteiger partial charge in [0, 0.05) is 6.20 Å². The van der Waals surface area contributed by atoms with Gasteiger partial charge in [0.2, 0.25) is 5.88 Å². The molecule has 0 aliphatic heterocycles. The number of aromatic nitrogens is 1. The van der Waals surface area contributed by atoms with Crippen molar-refractivity contribution in [1.29, 1.82) is 0 Å². The average molecular weight is 256 g/mol. The van der Waals surface area contributed by atoms with Crippen LogP contribution in [0.5, 0.6) is 11.6 Å². The Morgan fingerprint density at radius 2 is 1.89 bits per heavy atom. The van der Waals surface area contributed by atoms with Gasteiger partial charge in [0.25, 0.3) is 0 Å². The first-order chi connectivity index (χ1) is 8.97. The molecule has 0 amide bonds. The van der Waals surface area contributed by atoms with E-state index in [1.54, 1.807) is 6.20 Å². The highest BCUT2D eigenvalue weighted by Crippen LogP contribution is 2.28. The standard InChI is InChI=1S/C16H20N2O/c1-10(2)14-6-5-13(8-12(14)4)19-16-15(17)7-11(3)9-18-16/h5-10H,17H2,1-4H3. The fourth-order valence-electron chi connectivity index (χ4n) is 2.14. The smallest absolute Gasteiger partial charge is 0.242 e. The third-order valence-electron chi connectivity index (χ3n) is 3.09. The van der Waals surface area contributed by atoms with E-state index in [4.69, 9.17) is 10.5 Å². The second-order valence-electron chi connectivity index (χ2n) is 5.18. The van der Waals surface area contributed by atoms with E-state index >= 15 is 0 Å². The largest absolute Gasteiger partial charge is 0.437 e. The van der Waals surface area contributed by atoms with E-state index in [1.165, 1.54) is 11.1 Å². The first-order valence-corrected chi connectivity index (χ1v) is 6.48. The predicted octanol–water partition coefficient (Wildman–Crippen LogP) is 4.20. The van der Waals surface area contributed by atoms with Gasteiger partial charge in [-0.1, -0.05) is 19.9 Å². The van der Waals surface area contributed by atoms with Crippen molar-refractivity contribution in [2.24, 2.45) is 0 Å². The fourth-order valence-corrected chi connectivity index (χ4v) is 2.14. The van der Waals surface area contributed by atoms with Gasteiger partial charge in [-0.25, -0.2) is 4.98 Å². The van der Waals surface area contributed by atoms with Crippen LogP contribution in [-0.2, 0) is 0 Å². The zero-order valence-electron chi connectivity index (χ0n) is 11.9. The van der Waals surface area contributed by atoms with Gasteiger partial charge in [-0.3, -0.25) is 0 Å². The number of ether oxygens (including phenoxy) is 1. The Kier molecular flexibility index (Phi) is 3.74. The molecular formula is C16H20N2O. The number of pyridine rings is 1. The van der Waals surface area contributed by atoms with Crippen molar-refractivity contribution < 1.29 is 4.74 Å². The lowest BCUT2D eigenvalue weighted by atomic mass is 9.98. The molecule has 3 heteroatoms. The number of nitrogens with zero attached hydrogens (tertiary/aromatic N) is 1. The minimum absolute atomic E-state index is 0.460. The molecule has 19 heavy (non-hydrogen) atoms. The molecule has 0 unspecified atom stereocenters. The molecule has 0 bridgehead atoms. The molecule has 0 atom stereocenters. The summed E-state index contributed by atoms with van der Waals surface area (Å²) in [5.41, 5.74) is 10.0. The highest BCUT2D eigenvalue weighted by atomic mass is 16.5. The summed E-state index contributed by atoms with van der Waals surface area (Å²) in [4.78, 5) is 4.21. The molecule has 0 aliphatic carbocycles. The van der Waals surface area contributed by atoms with E-state index in [0.717, 1.165) is 11.3 Å². The summed E-state index contributed by atoms with van der Waals surface area (Å²) in [5, 5.41) is 0. The topological polar surface area (TPSA) is 48.1 Å². The highest BCUT2D eigenvalue weighted by Gasteiger charge is 2.07. The third-order valence-corrected chi connectivity index (χ3v) is 3.09. The minimum Gasteiger partial charge on any atom is -0.437 e. The summed E-state index contributed by atoms with van der Waals surface area (Å²) in [6.07, 6.45) is 1.75. The number of anilines is 1. The van der Waals surface area contributed by atoms with Crippen LogP contribution in [-0.4, -0.2) is 4.98 Å². The Labute approximate surface area is 114 Å². The summed E-state index contributed by atoms with van der Waals surface area (Å²) in [6.45, 7) is 8.41. The van der Waals surface area contributed by atoms with Gasteiger partial charge in [-0.15, -0.1) is 0 Å². The van der Waals surface area contributed by atoms with Crippen LogP contribution in [0, 0.1) is 13.8 Å². The Hall–Kier alpha value is -2.03. The fraction of sp³-hybridized carbons (Fsp3) is 0.312. The summed E-state index contributed by atoms with van der Waals surface area (Å²) in [7, 11) is 0. The molecular weight excluding hydrogens is 236 g/mol. The Morgan fingerprint density at radius 3 is 2.47 bits per heavy atom. The van der Waals surface area contributed by atoms with Crippen LogP contribution in [0.4, 0.5) is 5.69 Å². The van der Waals surface area contributed by atoms with Crippen molar-refractivity contribution in [1.82, 2.24) is 4.98 Å². The van der Waals surface area contributed by atoms with E-state index in [2.05, 4.69) is 31.8 Å². The van der Waals surface area contributed by atoms with Gasteiger partial charge in [0.1, 0.15) is 5.75 Å². The van der Waals surface area contributed by atoms with E-state index in [9.17, 15) is 0 Å². The van der Waals surface area contributed by atoms with Crippen LogP contribution < -0.4 is 10.5 Å². The molecule has 2 rings (SSSR count). The number of hydrogen-bond acceptors (Lipinski definition) is 3. The van der Waals surface area contributed by atoms with Crippen LogP contribution in [0.15, 0.2) is 30.5 Å². The van der Waals surface area contributed by atoms with Crippen LogP contribution in [0.2, 0.25) is 0 Å². The zero-order chi connectivity index (χ0) is 14.0. The maximum atomic E-state index is 5.90. The van der Waals surface area contributed by atoms with Gasteiger partial charge in [-0.2, -0.15) is 0 Å². The van der Waals surface area contributed by atoms with Crippen LogP contribution in [0.1, 0.15) is 36.5 Å². The Morgan fingerprint density at radius 1 is 1.16 bits per heavy atom. The quantitative estimate of drug-likeness (QED) is 0.895. The summed E-state index contributed by atoms with van der Waals surface area (Å²) in [6, 6.07) is 7.94. The summed E-state index contributed by atoms with van der Waals surface area (Å²) < 4.78 is 5.74. The molecule has 0 saturated carbocycles. The summed E-state index contributed by atoms with van der Waals surface area (Å²) >= 11 is 0. The molecule has 0 saturated heterocycles. The van der Waals surface area contributed by atoms with Crippen molar-refractivity contribution in [2.45, 2.75) is 33.6 Å². The zero-order valence-corrected chi connectivity index (χ0v) is 11.9. The van der Waals surface area contributed by atoms with Gasteiger partial charge in [0.15, 0.2) is 0 Å². The molecule has 1 heterocycles. The lowest BCUT2D eigenvalue weighted by Gasteiger charge is -2.12. The third kappa shape index (κ3) is 3.05. The molecule has 0 fully saturated rings. The molecule has 3 nitrogen and oxygen atoms in total. The number of hydrogen-bond donors (Lipinski definition) is 1. The van der Waals surface area contributed by atoms with Crippen molar-refractivity contribution in [3.05, 3.63) is 47.2 Å². The monoisotopic (exact) mass is 256 g/mol. The molecule has 1 aromatic carbocycles. The van der Waals surface area contributed by atoms with Crippen molar-refractivity contribution in [2.75, 3.05) is 5.73 Å². The number of nitrogens with two attached hydrogens (primary N) is 1. The average Bonchev–Trinajstić information content (AvgIpc) is 2.32. The highest BCUT2D eigenvalue weighted by molar-refractivity contribution is 5.51. The molecule has 0 radical (unpaired) electrons. The Bertz CT molecular complexity index is 591. The van der Waals surface area contributed by atoms with E-state index in [-0.39, 0.29) is 0 Å². The molecule has 100 valence electrons. The number of aryl methyl sites for hydroxylation is 2. The normalized spacial score (nSPS) is 10.8. The minimum atomic E-state index is 0.460. The lowest BCUT2D eigenvalue weighted by Crippen LogP contribution is -1.97. The molecule has 0 spiro atoms. The summed E-state index contributed by atoms with van der Waals surface area (Å²) in [5.74, 6) is 1.74. The molecule has 0 aliphatic rings. The first kappa shape index (κ1) is 13.4. The van der Waals surface area contributed by atoms with Gasteiger partial charge in [-0.05, 0) is 54.7 Å². The molecule has 2 N–H and O–H groups in total. The molecule has 1 aromatic heterocycles. The maximum Gasteiger partial charge on any atom is 0.242 e. The van der Waals surface area contributed by atoms with Crippen molar-refractivity contribution >= 4 is 5.69 Å². The van der Waals surface area contributed by atoms with Gasteiger partial charge in [0.05, 0.1) is 5.69 Å². The second kappa shape index (κ2) is 5.31. The van der Waals surface area contributed by atoms with Crippen molar-refractivity contribution in [3.8, 4) is 11.6 Å². The van der Waals surface area contributed by atoms with E-state index in [1.807, 2.05) is 25.1 Å². The lowest BCUT2D eigenvalue weighted by molar-refractivity contribution is 0.464. The van der Waals surface area contributed by atoms with Gasteiger partial charge < -0.3 is 10.5 Å². The van der Waals surface area contributed by atoms with E-state index < -0.39 is 0 Å². The molecule has 2 aromatic rings. The van der Waals surface area contributed by atoms with Gasteiger partial charge >= 0.3 is 0 Å². The van der Waals surface area contributed by atoms with Crippen LogP contribution in [0.3, 0.4) is 0 Å². The van der Waals surface area contributed by atoms with Crippen LogP contribution >= 0.6 is 0 Å².